The van der Waals surface area contributed by atoms with Gasteiger partial charge in [-0.25, -0.2) is 9.78 Å². The lowest BCUT2D eigenvalue weighted by Crippen LogP contribution is -2.15. The fourth-order valence-corrected chi connectivity index (χ4v) is 2.35. The fraction of sp³-hybridized carbons (Fsp3) is 0.500. The van der Waals surface area contributed by atoms with E-state index in [0.717, 1.165) is 10.6 Å². The molecule has 0 aliphatic carbocycles. The number of hydrogen-bond acceptors (Lipinski definition) is 8. The van der Waals surface area contributed by atoms with Crippen molar-refractivity contribution in [2.45, 2.75) is 33.1 Å². The van der Waals surface area contributed by atoms with Gasteiger partial charge in [-0.15, -0.1) is 11.3 Å². The van der Waals surface area contributed by atoms with Crippen LogP contribution >= 0.6 is 11.3 Å². The van der Waals surface area contributed by atoms with Crippen molar-refractivity contribution in [3.63, 3.8) is 0 Å². The Kier molecular flexibility index (Phi) is 8.70. The third-order valence-electron chi connectivity index (χ3n) is 2.90. The van der Waals surface area contributed by atoms with Crippen molar-refractivity contribution < 1.29 is 28.6 Å². The summed E-state index contributed by atoms with van der Waals surface area (Å²) in [6.07, 6.45) is 0.486. The first-order valence-corrected chi connectivity index (χ1v) is 8.31. The smallest absolute Gasteiger partial charge is 0.333 e. The monoisotopic (exact) mass is 355 g/mol. The highest BCUT2D eigenvalue weighted by molar-refractivity contribution is 7.09. The van der Waals surface area contributed by atoms with Gasteiger partial charge in [-0.2, -0.15) is 0 Å². The van der Waals surface area contributed by atoms with Crippen LogP contribution in [0.25, 0.3) is 0 Å². The summed E-state index contributed by atoms with van der Waals surface area (Å²) in [5, 5.41) is 0. The third-order valence-corrected chi connectivity index (χ3v) is 3.89. The lowest BCUT2D eigenvalue weighted by molar-refractivity contribution is -0.153. The minimum Gasteiger partial charge on any atom is -0.465 e. The number of nitrogens with zero attached hydrogens (tertiary/aromatic N) is 1. The second-order valence-electron chi connectivity index (χ2n) is 4.97. The summed E-state index contributed by atoms with van der Waals surface area (Å²) in [5.41, 5.74) is 2.96. The Bertz CT molecular complexity index is 595. The predicted molar refractivity (Wildman–Crippen MR) is 87.5 cm³/mol. The second kappa shape index (κ2) is 10.5. The SMILES string of the molecule is C=C(C)C(=O)OCCOC(=O)CCC(=O)OCCc1scnc1C. The van der Waals surface area contributed by atoms with Gasteiger partial charge in [-0.3, -0.25) is 9.59 Å². The Morgan fingerprint density at radius 1 is 1.08 bits per heavy atom. The Morgan fingerprint density at radius 2 is 1.67 bits per heavy atom. The number of hydrogen-bond donors (Lipinski definition) is 0. The Labute approximate surface area is 144 Å². The first kappa shape index (κ1) is 19.8. The molecule has 0 saturated heterocycles. The van der Waals surface area contributed by atoms with Crippen molar-refractivity contribution in [3.8, 4) is 0 Å². The maximum absolute atomic E-state index is 11.5. The van der Waals surface area contributed by atoms with Crippen molar-refractivity contribution in [2.24, 2.45) is 0 Å². The molecule has 0 amide bonds. The number of esters is 3. The minimum atomic E-state index is -0.545. The number of carbonyl (C=O) groups is 3. The van der Waals surface area contributed by atoms with Crippen LogP contribution < -0.4 is 0 Å². The molecule has 1 aromatic rings. The van der Waals surface area contributed by atoms with Crippen molar-refractivity contribution in [1.82, 2.24) is 4.98 Å². The van der Waals surface area contributed by atoms with E-state index in [1.165, 1.54) is 18.3 Å². The molecule has 0 atom stereocenters. The Balaban J connectivity index is 2.07. The number of thiazole rings is 1. The third kappa shape index (κ3) is 7.87. The highest BCUT2D eigenvalue weighted by atomic mass is 32.1. The maximum Gasteiger partial charge on any atom is 0.333 e. The standard InChI is InChI=1S/C16H21NO6S/c1-11(2)16(20)23-9-8-22-15(19)5-4-14(18)21-7-6-13-12(3)17-10-24-13/h10H,1,4-9H2,2-3H3. The molecule has 0 radical (unpaired) electrons. The molecular weight excluding hydrogens is 334 g/mol. The highest BCUT2D eigenvalue weighted by Crippen LogP contribution is 2.12. The molecule has 8 heteroatoms. The van der Waals surface area contributed by atoms with Crippen LogP contribution in [0.4, 0.5) is 0 Å². The average Bonchev–Trinajstić information content (AvgIpc) is 2.94. The highest BCUT2D eigenvalue weighted by Gasteiger charge is 2.10. The van der Waals surface area contributed by atoms with Gasteiger partial charge in [-0.05, 0) is 13.8 Å². The van der Waals surface area contributed by atoms with E-state index in [0.29, 0.717) is 6.42 Å². The van der Waals surface area contributed by atoms with Gasteiger partial charge in [0.25, 0.3) is 0 Å². The molecule has 1 heterocycles. The molecule has 0 fully saturated rings. The molecule has 7 nitrogen and oxygen atoms in total. The molecule has 24 heavy (non-hydrogen) atoms. The summed E-state index contributed by atoms with van der Waals surface area (Å²) in [6.45, 7) is 7.01. The van der Waals surface area contributed by atoms with Crippen LogP contribution in [0.15, 0.2) is 17.7 Å². The number of rotatable bonds is 10. The van der Waals surface area contributed by atoms with Crippen molar-refractivity contribution >= 4 is 29.2 Å². The number of carbonyl (C=O) groups excluding carboxylic acids is 3. The van der Waals surface area contributed by atoms with E-state index >= 15 is 0 Å². The van der Waals surface area contributed by atoms with Crippen LogP contribution in [0.3, 0.4) is 0 Å². The molecule has 0 unspecified atom stereocenters. The quantitative estimate of drug-likeness (QED) is 0.274. The van der Waals surface area contributed by atoms with Crippen molar-refractivity contribution in [2.75, 3.05) is 19.8 Å². The van der Waals surface area contributed by atoms with Gasteiger partial charge in [-0.1, -0.05) is 6.58 Å². The molecule has 0 aliphatic rings. The normalized spacial score (nSPS) is 10.1. The van der Waals surface area contributed by atoms with E-state index in [1.54, 1.807) is 5.51 Å². The van der Waals surface area contributed by atoms with Crippen LogP contribution in [0, 0.1) is 6.92 Å². The van der Waals surface area contributed by atoms with E-state index in [2.05, 4.69) is 11.6 Å². The zero-order valence-corrected chi connectivity index (χ0v) is 14.6. The first-order valence-electron chi connectivity index (χ1n) is 7.43. The van der Waals surface area contributed by atoms with E-state index in [9.17, 15) is 14.4 Å². The molecule has 1 aromatic heterocycles. The molecule has 0 spiro atoms. The molecule has 132 valence electrons. The van der Waals surface area contributed by atoms with Gasteiger partial charge in [0.1, 0.15) is 13.2 Å². The summed E-state index contributed by atoms with van der Waals surface area (Å²) in [6, 6.07) is 0. The van der Waals surface area contributed by atoms with Gasteiger partial charge in [0, 0.05) is 16.9 Å². The predicted octanol–water partition coefficient (Wildman–Crippen LogP) is 1.98. The zero-order chi connectivity index (χ0) is 17.9. The molecule has 1 rings (SSSR count). The summed E-state index contributed by atoms with van der Waals surface area (Å²) in [5.74, 6) is -1.54. The van der Waals surface area contributed by atoms with Crippen molar-refractivity contribution in [3.05, 3.63) is 28.2 Å². The summed E-state index contributed by atoms with van der Waals surface area (Å²) >= 11 is 1.52. The maximum atomic E-state index is 11.5. The van der Waals surface area contributed by atoms with Crippen LogP contribution in [0.1, 0.15) is 30.3 Å². The van der Waals surface area contributed by atoms with Gasteiger partial charge < -0.3 is 14.2 Å². The minimum absolute atomic E-state index is 0.0456. The van der Waals surface area contributed by atoms with Crippen LogP contribution in [0.2, 0.25) is 0 Å². The van der Waals surface area contributed by atoms with E-state index in [1.807, 2.05) is 6.92 Å². The number of ether oxygens (including phenoxy) is 3. The molecular formula is C16H21NO6S. The molecule has 0 N–H and O–H groups in total. The van der Waals surface area contributed by atoms with Gasteiger partial charge >= 0.3 is 17.9 Å². The lowest BCUT2D eigenvalue weighted by atomic mass is 10.3. The lowest BCUT2D eigenvalue weighted by Gasteiger charge is -2.06. The molecule has 0 saturated carbocycles. The molecule has 0 aromatic carbocycles. The first-order chi connectivity index (χ1) is 11.4. The Morgan fingerprint density at radius 3 is 2.21 bits per heavy atom. The van der Waals surface area contributed by atoms with Crippen LogP contribution in [0.5, 0.6) is 0 Å². The molecule has 0 aliphatic heterocycles. The topological polar surface area (TPSA) is 91.8 Å². The van der Waals surface area contributed by atoms with Crippen LogP contribution in [-0.2, 0) is 35.0 Å². The summed E-state index contributed by atoms with van der Waals surface area (Å²) in [7, 11) is 0. The van der Waals surface area contributed by atoms with Crippen LogP contribution in [-0.4, -0.2) is 42.7 Å². The second-order valence-corrected chi connectivity index (χ2v) is 5.91. The average molecular weight is 355 g/mol. The fourth-order valence-electron chi connectivity index (χ4n) is 1.59. The van der Waals surface area contributed by atoms with E-state index in [-0.39, 0.29) is 38.2 Å². The van der Waals surface area contributed by atoms with E-state index < -0.39 is 17.9 Å². The zero-order valence-electron chi connectivity index (χ0n) is 13.8. The Hall–Kier alpha value is -2.22. The summed E-state index contributed by atoms with van der Waals surface area (Å²) < 4.78 is 14.7. The number of aromatic nitrogens is 1. The summed E-state index contributed by atoms with van der Waals surface area (Å²) in [4.78, 5) is 39.2. The largest absolute Gasteiger partial charge is 0.465 e. The van der Waals surface area contributed by atoms with Crippen molar-refractivity contribution in [1.29, 1.82) is 0 Å². The molecule has 0 bridgehead atoms. The van der Waals surface area contributed by atoms with Gasteiger partial charge in [0.05, 0.1) is 30.7 Å². The van der Waals surface area contributed by atoms with E-state index in [4.69, 9.17) is 14.2 Å². The van der Waals surface area contributed by atoms with Gasteiger partial charge in [0.2, 0.25) is 0 Å². The number of aryl methyl sites for hydroxylation is 1. The van der Waals surface area contributed by atoms with Gasteiger partial charge in [0.15, 0.2) is 0 Å².